The molecule has 100 valence electrons. The molecule has 0 saturated heterocycles. The Hall–Kier alpha value is -2.43. The highest BCUT2D eigenvalue weighted by Gasteiger charge is 2.31. The molecule has 0 unspecified atom stereocenters. The molecular weight excluding hydrogens is 274 g/mol. The SMILES string of the molecule is CC1=C(C#N)C(c2cccc(O)c2Cl)C(C#N)=C(C)N1. The lowest BCUT2D eigenvalue weighted by molar-refractivity contribution is 0.474. The Morgan fingerprint density at radius 2 is 1.70 bits per heavy atom. The highest BCUT2D eigenvalue weighted by molar-refractivity contribution is 6.33. The van der Waals surface area contributed by atoms with Crippen LogP contribution >= 0.6 is 11.6 Å². The summed E-state index contributed by atoms with van der Waals surface area (Å²) in [5.41, 5.74) is 2.79. The first-order chi connectivity index (χ1) is 9.51. The molecule has 2 rings (SSSR count). The fourth-order valence-corrected chi connectivity index (χ4v) is 2.60. The van der Waals surface area contributed by atoms with Crippen LogP contribution in [0.5, 0.6) is 5.75 Å². The van der Waals surface area contributed by atoms with E-state index in [-0.39, 0.29) is 10.8 Å². The van der Waals surface area contributed by atoms with Gasteiger partial charge in [0.2, 0.25) is 0 Å². The molecule has 1 aliphatic rings. The maximum absolute atomic E-state index is 9.73. The lowest BCUT2D eigenvalue weighted by Crippen LogP contribution is -2.23. The minimum atomic E-state index is -0.550. The number of nitrogens with one attached hydrogen (secondary N) is 1. The minimum absolute atomic E-state index is 0.0624. The van der Waals surface area contributed by atoms with Gasteiger partial charge in [-0.3, -0.25) is 0 Å². The van der Waals surface area contributed by atoms with E-state index in [4.69, 9.17) is 11.6 Å². The number of phenols is 1. The van der Waals surface area contributed by atoms with Gasteiger partial charge in [-0.15, -0.1) is 0 Å². The van der Waals surface area contributed by atoms with Crippen molar-refractivity contribution in [3.05, 3.63) is 51.3 Å². The summed E-state index contributed by atoms with van der Waals surface area (Å²) in [5, 5.41) is 31.7. The van der Waals surface area contributed by atoms with Crippen LogP contribution in [0.2, 0.25) is 5.02 Å². The van der Waals surface area contributed by atoms with Crippen LogP contribution in [0.1, 0.15) is 25.3 Å². The molecule has 0 amide bonds. The highest BCUT2D eigenvalue weighted by Crippen LogP contribution is 2.42. The zero-order chi connectivity index (χ0) is 14.9. The Balaban J connectivity index is 2.73. The van der Waals surface area contributed by atoms with Crippen molar-refractivity contribution < 1.29 is 5.11 Å². The lowest BCUT2D eigenvalue weighted by atomic mass is 9.81. The van der Waals surface area contributed by atoms with Crippen molar-refractivity contribution in [1.29, 1.82) is 10.5 Å². The molecule has 0 spiro atoms. The van der Waals surface area contributed by atoms with Crippen LogP contribution in [-0.4, -0.2) is 5.11 Å². The summed E-state index contributed by atoms with van der Waals surface area (Å²) in [6.45, 7) is 3.56. The second-order valence-electron chi connectivity index (χ2n) is 4.54. The predicted octanol–water partition coefficient (Wildman–Crippen LogP) is 3.33. The number of hydrogen-bond donors (Lipinski definition) is 2. The van der Waals surface area contributed by atoms with Crippen LogP contribution in [0.25, 0.3) is 0 Å². The number of aromatic hydroxyl groups is 1. The van der Waals surface area contributed by atoms with Gasteiger partial charge in [0.05, 0.1) is 34.2 Å². The number of allylic oxidation sites excluding steroid dienone is 4. The number of rotatable bonds is 1. The number of hydrogen-bond acceptors (Lipinski definition) is 4. The van der Waals surface area contributed by atoms with Crippen molar-refractivity contribution in [2.24, 2.45) is 0 Å². The number of phenolic OH excluding ortho intramolecular Hbond substituents is 1. The summed E-state index contributed by atoms with van der Waals surface area (Å²) >= 11 is 6.13. The lowest BCUT2D eigenvalue weighted by Gasteiger charge is -2.26. The maximum atomic E-state index is 9.73. The van der Waals surface area contributed by atoms with E-state index < -0.39 is 5.92 Å². The van der Waals surface area contributed by atoms with E-state index in [0.717, 1.165) is 0 Å². The van der Waals surface area contributed by atoms with Gasteiger partial charge in [-0.25, -0.2) is 0 Å². The van der Waals surface area contributed by atoms with E-state index in [1.54, 1.807) is 26.0 Å². The maximum Gasteiger partial charge on any atom is 0.134 e. The second-order valence-corrected chi connectivity index (χ2v) is 4.92. The molecule has 0 radical (unpaired) electrons. The van der Waals surface area contributed by atoms with Crippen LogP contribution in [0.4, 0.5) is 0 Å². The third-order valence-corrected chi connectivity index (χ3v) is 3.73. The number of benzene rings is 1. The molecule has 1 heterocycles. The van der Waals surface area contributed by atoms with Gasteiger partial charge in [0.15, 0.2) is 0 Å². The van der Waals surface area contributed by atoms with Gasteiger partial charge < -0.3 is 10.4 Å². The normalized spacial score (nSPS) is 15.7. The molecule has 0 bridgehead atoms. The number of dihydropyridines is 1. The van der Waals surface area contributed by atoms with Gasteiger partial charge >= 0.3 is 0 Å². The van der Waals surface area contributed by atoms with Crippen molar-refractivity contribution in [2.75, 3.05) is 0 Å². The largest absolute Gasteiger partial charge is 0.506 e. The molecule has 20 heavy (non-hydrogen) atoms. The molecule has 0 aromatic heterocycles. The van der Waals surface area contributed by atoms with Gasteiger partial charge in [0, 0.05) is 11.4 Å². The molecule has 1 aliphatic heterocycles. The van der Waals surface area contributed by atoms with Crippen LogP contribution in [0.15, 0.2) is 40.7 Å². The Morgan fingerprint density at radius 1 is 1.15 bits per heavy atom. The Bertz CT molecular complexity index is 684. The Morgan fingerprint density at radius 3 is 2.20 bits per heavy atom. The first-order valence-corrected chi connectivity index (χ1v) is 6.35. The number of halogens is 1. The summed E-state index contributed by atoms with van der Waals surface area (Å²) < 4.78 is 0. The zero-order valence-electron chi connectivity index (χ0n) is 11.0. The van der Waals surface area contributed by atoms with Crippen molar-refractivity contribution in [2.45, 2.75) is 19.8 Å². The van der Waals surface area contributed by atoms with Crippen molar-refractivity contribution in [3.8, 4) is 17.9 Å². The average Bonchev–Trinajstić information content (AvgIpc) is 2.41. The molecule has 0 saturated carbocycles. The number of nitrogens with zero attached hydrogens (tertiary/aromatic N) is 2. The molecule has 0 fully saturated rings. The fourth-order valence-electron chi connectivity index (χ4n) is 2.36. The van der Waals surface area contributed by atoms with E-state index >= 15 is 0 Å². The van der Waals surface area contributed by atoms with E-state index in [9.17, 15) is 15.6 Å². The molecule has 0 aliphatic carbocycles. The van der Waals surface area contributed by atoms with E-state index in [2.05, 4.69) is 17.5 Å². The summed E-state index contributed by atoms with van der Waals surface area (Å²) in [6.07, 6.45) is 0. The third kappa shape index (κ3) is 2.11. The molecule has 2 N–H and O–H groups in total. The fraction of sp³-hybridized carbons (Fsp3) is 0.200. The highest BCUT2D eigenvalue weighted by atomic mass is 35.5. The summed E-state index contributed by atoms with van der Waals surface area (Å²) in [4.78, 5) is 0. The van der Waals surface area contributed by atoms with Gasteiger partial charge in [-0.1, -0.05) is 23.7 Å². The molecule has 4 nitrogen and oxygen atoms in total. The molecule has 1 aromatic rings. The molecular formula is C15H12ClN3O. The first-order valence-electron chi connectivity index (χ1n) is 5.97. The zero-order valence-corrected chi connectivity index (χ0v) is 11.8. The van der Waals surface area contributed by atoms with Gasteiger partial charge in [0.1, 0.15) is 5.75 Å². The van der Waals surface area contributed by atoms with Crippen LogP contribution in [-0.2, 0) is 0 Å². The van der Waals surface area contributed by atoms with Crippen LogP contribution in [0, 0.1) is 22.7 Å². The molecule has 5 heteroatoms. The Labute approximate surface area is 122 Å². The van der Waals surface area contributed by atoms with Gasteiger partial charge in [0.25, 0.3) is 0 Å². The monoisotopic (exact) mass is 285 g/mol. The summed E-state index contributed by atoms with van der Waals surface area (Å²) in [7, 11) is 0. The topological polar surface area (TPSA) is 79.8 Å². The second kappa shape index (κ2) is 5.28. The van der Waals surface area contributed by atoms with E-state index in [1.165, 1.54) is 6.07 Å². The predicted molar refractivity (Wildman–Crippen MR) is 75.6 cm³/mol. The van der Waals surface area contributed by atoms with Crippen molar-refractivity contribution >= 4 is 11.6 Å². The van der Waals surface area contributed by atoms with Crippen molar-refractivity contribution in [3.63, 3.8) is 0 Å². The van der Waals surface area contributed by atoms with Crippen LogP contribution in [0.3, 0.4) is 0 Å². The average molecular weight is 286 g/mol. The number of nitriles is 2. The molecule has 0 atom stereocenters. The van der Waals surface area contributed by atoms with Crippen molar-refractivity contribution in [1.82, 2.24) is 5.32 Å². The quantitative estimate of drug-likeness (QED) is 0.829. The smallest absolute Gasteiger partial charge is 0.134 e. The van der Waals surface area contributed by atoms with Gasteiger partial charge in [-0.05, 0) is 25.5 Å². The standard InChI is InChI=1S/C15H12ClN3O/c1-8-11(6-17)14(12(7-18)9(2)19-8)10-4-3-5-13(20)15(10)16/h3-5,14,19-20H,1-2H3. The van der Waals surface area contributed by atoms with E-state index in [0.29, 0.717) is 28.1 Å². The Kier molecular flexibility index (Phi) is 3.70. The van der Waals surface area contributed by atoms with Gasteiger partial charge in [-0.2, -0.15) is 10.5 Å². The summed E-state index contributed by atoms with van der Waals surface area (Å²) in [6, 6.07) is 9.08. The third-order valence-electron chi connectivity index (χ3n) is 3.32. The van der Waals surface area contributed by atoms with Crippen LogP contribution < -0.4 is 5.32 Å². The molecule has 1 aromatic carbocycles. The minimum Gasteiger partial charge on any atom is -0.506 e. The first kappa shape index (κ1) is 14.0. The summed E-state index contributed by atoms with van der Waals surface area (Å²) in [5.74, 6) is -0.613. The van der Waals surface area contributed by atoms with E-state index in [1.807, 2.05) is 0 Å².